The fourth-order valence-corrected chi connectivity index (χ4v) is 2.51. The van der Waals surface area contributed by atoms with E-state index in [1.54, 1.807) is 13.3 Å². The molecule has 92 valence electrons. The van der Waals surface area contributed by atoms with Crippen LogP contribution in [0.4, 0.5) is 0 Å². The highest BCUT2D eigenvalue weighted by Crippen LogP contribution is 2.39. The van der Waals surface area contributed by atoms with Crippen molar-refractivity contribution in [3.63, 3.8) is 0 Å². The maximum Gasteiger partial charge on any atom is 0.137 e. The molecule has 0 aliphatic heterocycles. The van der Waals surface area contributed by atoms with Crippen LogP contribution in [-0.4, -0.2) is 18.1 Å². The molecule has 0 aromatic carbocycles. The third-order valence-electron chi connectivity index (χ3n) is 3.19. The van der Waals surface area contributed by atoms with Gasteiger partial charge in [-0.1, -0.05) is 19.9 Å². The summed E-state index contributed by atoms with van der Waals surface area (Å²) in [6.45, 7) is 4.51. The topological polar surface area (TPSA) is 48.1 Å². The molecule has 0 bridgehead atoms. The Kier molecular flexibility index (Phi) is 3.20. The SMILES string of the molecule is COc1cncc(C2=CC(N)CC(C)(C)C2)c1. The number of hydrogen-bond acceptors (Lipinski definition) is 3. The van der Waals surface area contributed by atoms with Crippen LogP contribution in [0, 0.1) is 5.41 Å². The Labute approximate surface area is 103 Å². The molecular weight excluding hydrogens is 212 g/mol. The van der Waals surface area contributed by atoms with Crippen molar-refractivity contribution < 1.29 is 4.74 Å². The van der Waals surface area contributed by atoms with Crippen LogP contribution in [0.5, 0.6) is 5.75 Å². The smallest absolute Gasteiger partial charge is 0.137 e. The molecule has 3 nitrogen and oxygen atoms in total. The minimum absolute atomic E-state index is 0.139. The van der Waals surface area contributed by atoms with E-state index in [2.05, 4.69) is 24.9 Å². The van der Waals surface area contributed by atoms with E-state index in [9.17, 15) is 0 Å². The molecule has 0 saturated heterocycles. The molecule has 1 heterocycles. The molecule has 2 N–H and O–H groups in total. The molecule has 0 fully saturated rings. The summed E-state index contributed by atoms with van der Waals surface area (Å²) in [6, 6.07) is 2.16. The Morgan fingerprint density at radius 2 is 2.18 bits per heavy atom. The Morgan fingerprint density at radius 1 is 1.41 bits per heavy atom. The largest absolute Gasteiger partial charge is 0.495 e. The van der Waals surface area contributed by atoms with Gasteiger partial charge in [0.25, 0.3) is 0 Å². The van der Waals surface area contributed by atoms with E-state index < -0.39 is 0 Å². The first-order valence-corrected chi connectivity index (χ1v) is 5.96. The third kappa shape index (κ3) is 2.86. The normalized spacial score (nSPS) is 23.1. The molecule has 0 radical (unpaired) electrons. The fraction of sp³-hybridized carbons (Fsp3) is 0.500. The van der Waals surface area contributed by atoms with Crippen molar-refractivity contribution in [2.75, 3.05) is 7.11 Å². The Hall–Kier alpha value is -1.35. The van der Waals surface area contributed by atoms with Crippen LogP contribution in [-0.2, 0) is 0 Å². The van der Waals surface area contributed by atoms with E-state index >= 15 is 0 Å². The average Bonchev–Trinajstić information content (AvgIpc) is 2.26. The maximum atomic E-state index is 6.08. The Balaban J connectivity index is 2.32. The standard InChI is InChI=1S/C14H20N2O/c1-14(2)6-10(4-12(15)7-14)11-5-13(17-3)9-16-8-11/h4-5,8-9,12H,6-7,15H2,1-3H3. The lowest BCUT2D eigenvalue weighted by Crippen LogP contribution is -2.30. The number of hydrogen-bond donors (Lipinski definition) is 1. The maximum absolute atomic E-state index is 6.08. The summed E-state index contributed by atoms with van der Waals surface area (Å²) in [5.41, 5.74) is 8.73. The highest BCUT2D eigenvalue weighted by Gasteiger charge is 2.27. The quantitative estimate of drug-likeness (QED) is 0.852. The highest BCUT2D eigenvalue weighted by molar-refractivity contribution is 5.68. The van der Waals surface area contributed by atoms with Gasteiger partial charge in [0.15, 0.2) is 0 Å². The molecule has 3 heteroatoms. The molecule has 1 unspecified atom stereocenters. The van der Waals surface area contributed by atoms with E-state index in [1.165, 1.54) is 5.57 Å². The summed E-state index contributed by atoms with van der Waals surface area (Å²) < 4.78 is 5.20. The Morgan fingerprint density at radius 3 is 2.82 bits per heavy atom. The van der Waals surface area contributed by atoms with Crippen molar-refractivity contribution in [3.8, 4) is 5.75 Å². The van der Waals surface area contributed by atoms with Crippen LogP contribution in [0.3, 0.4) is 0 Å². The second kappa shape index (κ2) is 4.49. The molecular formula is C14H20N2O. The van der Waals surface area contributed by atoms with Gasteiger partial charge in [-0.2, -0.15) is 0 Å². The minimum atomic E-state index is 0.139. The monoisotopic (exact) mass is 232 g/mol. The lowest BCUT2D eigenvalue weighted by molar-refractivity contribution is 0.318. The van der Waals surface area contributed by atoms with Gasteiger partial charge in [-0.05, 0) is 35.5 Å². The van der Waals surface area contributed by atoms with Gasteiger partial charge in [0.1, 0.15) is 5.75 Å². The van der Waals surface area contributed by atoms with Gasteiger partial charge in [-0.15, -0.1) is 0 Å². The second-order valence-corrected chi connectivity index (χ2v) is 5.51. The molecule has 0 spiro atoms. The number of allylic oxidation sites excluding steroid dienone is 1. The van der Waals surface area contributed by atoms with E-state index in [-0.39, 0.29) is 11.5 Å². The first-order chi connectivity index (χ1) is 8.00. The number of ether oxygens (including phenoxy) is 1. The predicted octanol–water partition coefficient (Wildman–Crippen LogP) is 2.62. The predicted molar refractivity (Wildman–Crippen MR) is 69.8 cm³/mol. The first-order valence-electron chi connectivity index (χ1n) is 5.96. The number of nitrogens with zero attached hydrogens (tertiary/aromatic N) is 1. The summed E-state index contributed by atoms with van der Waals surface area (Å²) in [7, 11) is 1.66. The van der Waals surface area contributed by atoms with Crippen LogP contribution in [0.1, 0.15) is 32.3 Å². The fourth-order valence-electron chi connectivity index (χ4n) is 2.51. The van der Waals surface area contributed by atoms with E-state index in [0.29, 0.717) is 0 Å². The molecule has 1 aromatic heterocycles. The highest BCUT2D eigenvalue weighted by atomic mass is 16.5. The van der Waals surface area contributed by atoms with Gasteiger partial charge in [0, 0.05) is 12.2 Å². The van der Waals surface area contributed by atoms with Crippen molar-refractivity contribution in [2.24, 2.45) is 11.1 Å². The lowest BCUT2D eigenvalue weighted by Gasteiger charge is -2.33. The zero-order chi connectivity index (χ0) is 12.5. The number of nitrogens with two attached hydrogens (primary N) is 1. The summed E-state index contributed by atoms with van der Waals surface area (Å²) in [6.07, 6.45) is 7.82. The number of rotatable bonds is 2. The summed E-state index contributed by atoms with van der Waals surface area (Å²) in [4.78, 5) is 4.20. The zero-order valence-corrected chi connectivity index (χ0v) is 10.7. The van der Waals surface area contributed by atoms with Crippen LogP contribution in [0.2, 0.25) is 0 Å². The Bertz CT molecular complexity index is 438. The van der Waals surface area contributed by atoms with Gasteiger partial charge >= 0.3 is 0 Å². The van der Waals surface area contributed by atoms with Crippen LogP contribution < -0.4 is 10.5 Å². The van der Waals surface area contributed by atoms with Crippen LogP contribution >= 0.6 is 0 Å². The average molecular weight is 232 g/mol. The summed E-state index contributed by atoms with van der Waals surface area (Å²) in [5, 5.41) is 0. The number of methoxy groups -OCH3 is 1. The van der Waals surface area contributed by atoms with Crippen molar-refractivity contribution in [1.82, 2.24) is 4.98 Å². The summed E-state index contributed by atoms with van der Waals surface area (Å²) in [5.74, 6) is 0.792. The second-order valence-electron chi connectivity index (χ2n) is 5.51. The zero-order valence-electron chi connectivity index (χ0n) is 10.7. The molecule has 17 heavy (non-hydrogen) atoms. The molecule has 1 aliphatic carbocycles. The van der Waals surface area contributed by atoms with Gasteiger partial charge in [-0.3, -0.25) is 4.98 Å². The number of aromatic nitrogens is 1. The van der Waals surface area contributed by atoms with Crippen LogP contribution in [0.25, 0.3) is 5.57 Å². The van der Waals surface area contributed by atoms with Crippen molar-refractivity contribution >= 4 is 5.57 Å². The van der Waals surface area contributed by atoms with Gasteiger partial charge in [0.05, 0.1) is 13.3 Å². The molecule has 1 atom stereocenters. The van der Waals surface area contributed by atoms with Crippen molar-refractivity contribution in [3.05, 3.63) is 30.1 Å². The summed E-state index contributed by atoms with van der Waals surface area (Å²) >= 11 is 0. The molecule has 0 saturated carbocycles. The molecule has 2 rings (SSSR count). The molecule has 1 aliphatic rings. The van der Waals surface area contributed by atoms with Gasteiger partial charge in [0.2, 0.25) is 0 Å². The van der Waals surface area contributed by atoms with Crippen molar-refractivity contribution in [2.45, 2.75) is 32.7 Å². The first kappa shape index (κ1) is 12.1. The minimum Gasteiger partial charge on any atom is -0.495 e. The van der Waals surface area contributed by atoms with Crippen molar-refractivity contribution in [1.29, 1.82) is 0 Å². The van der Waals surface area contributed by atoms with Crippen LogP contribution in [0.15, 0.2) is 24.5 Å². The van der Waals surface area contributed by atoms with E-state index in [0.717, 1.165) is 24.2 Å². The van der Waals surface area contributed by atoms with E-state index in [4.69, 9.17) is 10.5 Å². The van der Waals surface area contributed by atoms with E-state index in [1.807, 2.05) is 12.3 Å². The lowest BCUT2D eigenvalue weighted by atomic mass is 9.74. The number of pyridine rings is 1. The molecule has 1 aromatic rings. The molecule has 0 amide bonds. The van der Waals surface area contributed by atoms with Gasteiger partial charge in [-0.25, -0.2) is 0 Å². The third-order valence-corrected chi connectivity index (χ3v) is 3.19. The van der Waals surface area contributed by atoms with Gasteiger partial charge < -0.3 is 10.5 Å².